The second kappa shape index (κ2) is 5.96. The fourth-order valence-corrected chi connectivity index (χ4v) is 4.69. The van der Waals surface area contributed by atoms with Crippen molar-refractivity contribution in [2.45, 2.75) is 6.92 Å². The van der Waals surface area contributed by atoms with Crippen LogP contribution >= 0.6 is 11.3 Å². The van der Waals surface area contributed by atoms with E-state index >= 15 is 0 Å². The SMILES string of the molecule is CCN1C(=c2sc3nc4ccccc4n3c2=O)C=Cc2cc(OC)ccc21. The van der Waals surface area contributed by atoms with Gasteiger partial charge in [0.05, 0.1) is 23.8 Å². The molecular weight excluding hydrogens is 358 g/mol. The molecule has 0 bridgehead atoms. The first-order chi connectivity index (χ1) is 13.2. The van der Waals surface area contributed by atoms with Gasteiger partial charge in [-0.15, -0.1) is 0 Å². The molecule has 27 heavy (non-hydrogen) atoms. The van der Waals surface area contributed by atoms with E-state index in [9.17, 15) is 4.79 Å². The second-order valence-electron chi connectivity index (χ2n) is 6.34. The molecule has 2 aromatic carbocycles. The predicted octanol–water partition coefficient (Wildman–Crippen LogP) is 3.30. The molecule has 134 valence electrons. The third-order valence-electron chi connectivity index (χ3n) is 4.91. The van der Waals surface area contributed by atoms with Gasteiger partial charge >= 0.3 is 0 Å². The summed E-state index contributed by atoms with van der Waals surface area (Å²) in [7, 11) is 1.67. The molecule has 0 saturated carbocycles. The predicted molar refractivity (Wildman–Crippen MR) is 111 cm³/mol. The van der Waals surface area contributed by atoms with Crippen molar-refractivity contribution in [3.8, 4) is 5.75 Å². The van der Waals surface area contributed by atoms with E-state index in [-0.39, 0.29) is 5.56 Å². The number of hydrogen-bond donors (Lipinski definition) is 0. The normalized spacial score (nSPS) is 15.6. The Labute approximate surface area is 159 Å². The Hall–Kier alpha value is -3.12. The number of para-hydroxylation sites is 2. The summed E-state index contributed by atoms with van der Waals surface area (Å²) in [6.07, 6.45) is 4.06. The van der Waals surface area contributed by atoms with E-state index in [0.717, 1.165) is 45.2 Å². The van der Waals surface area contributed by atoms with Crippen LogP contribution in [0.25, 0.3) is 27.8 Å². The number of thiazole rings is 1. The molecule has 0 spiro atoms. The lowest BCUT2D eigenvalue weighted by atomic mass is 10.1. The van der Waals surface area contributed by atoms with Gasteiger partial charge in [-0.25, -0.2) is 9.38 Å². The number of nitrogens with zero attached hydrogens (tertiary/aromatic N) is 3. The van der Waals surface area contributed by atoms with Gasteiger partial charge < -0.3 is 9.64 Å². The van der Waals surface area contributed by atoms with Gasteiger partial charge in [0.25, 0.3) is 5.56 Å². The van der Waals surface area contributed by atoms with Gasteiger partial charge in [-0.2, -0.15) is 0 Å². The summed E-state index contributed by atoms with van der Waals surface area (Å²) >= 11 is 1.44. The smallest absolute Gasteiger partial charge is 0.277 e. The molecule has 0 saturated heterocycles. The molecular formula is C21H17N3O2S. The standard InChI is InChI=1S/C21H17N3O2S/c1-3-23-16-11-9-14(26-2)12-13(16)8-10-18(23)19-20(25)24-17-7-5-4-6-15(17)22-21(24)27-19/h4-12H,3H2,1-2H3. The number of imidazole rings is 1. The van der Waals surface area contributed by atoms with Crippen LogP contribution in [0, 0.1) is 0 Å². The lowest BCUT2D eigenvalue weighted by molar-refractivity contribution is 0.414. The molecule has 0 unspecified atom stereocenters. The van der Waals surface area contributed by atoms with E-state index in [1.807, 2.05) is 54.6 Å². The third kappa shape index (κ3) is 2.30. The molecule has 0 aliphatic carbocycles. The highest BCUT2D eigenvalue weighted by Crippen LogP contribution is 2.33. The Morgan fingerprint density at radius 1 is 1.15 bits per heavy atom. The van der Waals surface area contributed by atoms with Crippen molar-refractivity contribution in [3.05, 3.63) is 69.0 Å². The summed E-state index contributed by atoms with van der Waals surface area (Å²) < 4.78 is 7.76. The average Bonchev–Trinajstić information content (AvgIpc) is 3.23. The van der Waals surface area contributed by atoms with E-state index in [2.05, 4.69) is 16.8 Å². The lowest BCUT2D eigenvalue weighted by Crippen LogP contribution is -2.33. The van der Waals surface area contributed by atoms with Gasteiger partial charge in [0.2, 0.25) is 0 Å². The summed E-state index contributed by atoms with van der Waals surface area (Å²) in [5.74, 6) is 0.823. The van der Waals surface area contributed by atoms with Gasteiger partial charge in [-0.3, -0.25) is 4.79 Å². The number of methoxy groups -OCH3 is 1. The first kappa shape index (κ1) is 16.1. The van der Waals surface area contributed by atoms with Crippen LogP contribution in [-0.4, -0.2) is 23.0 Å². The van der Waals surface area contributed by atoms with Crippen LogP contribution in [0.1, 0.15) is 12.5 Å². The maximum atomic E-state index is 13.2. The Kier molecular flexibility index (Phi) is 3.55. The Morgan fingerprint density at radius 3 is 2.81 bits per heavy atom. The molecule has 5 rings (SSSR count). The molecule has 0 N–H and O–H groups in total. The van der Waals surface area contributed by atoms with Crippen LogP contribution in [0.3, 0.4) is 0 Å². The number of anilines is 1. The minimum absolute atomic E-state index is 0.0150. The number of aromatic nitrogens is 2. The lowest BCUT2D eigenvalue weighted by Gasteiger charge is -2.29. The molecule has 0 radical (unpaired) electrons. The summed E-state index contributed by atoms with van der Waals surface area (Å²) in [5, 5.41) is 0. The number of rotatable bonds is 2. The molecule has 0 atom stereocenters. The van der Waals surface area contributed by atoms with Crippen molar-refractivity contribution < 1.29 is 4.74 Å². The van der Waals surface area contributed by atoms with Crippen LogP contribution in [-0.2, 0) is 0 Å². The Morgan fingerprint density at radius 2 is 2.00 bits per heavy atom. The highest BCUT2D eigenvalue weighted by molar-refractivity contribution is 7.15. The van der Waals surface area contributed by atoms with Crippen molar-refractivity contribution in [2.24, 2.45) is 0 Å². The topological polar surface area (TPSA) is 46.8 Å². The molecule has 5 nitrogen and oxygen atoms in total. The van der Waals surface area contributed by atoms with E-state index in [4.69, 9.17) is 4.74 Å². The quantitative estimate of drug-likeness (QED) is 0.539. The highest BCUT2D eigenvalue weighted by atomic mass is 32.1. The Balaban J connectivity index is 1.79. The Bertz CT molecular complexity index is 1330. The zero-order valence-electron chi connectivity index (χ0n) is 15.0. The molecule has 2 aromatic heterocycles. The van der Waals surface area contributed by atoms with Gasteiger partial charge in [0.1, 0.15) is 10.3 Å². The highest BCUT2D eigenvalue weighted by Gasteiger charge is 2.20. The fraction of sp³-hybridized carbons (Fsp3) is 0.143. The largest absolute Gasteiger partial charge is 0.497 e. The van der Waals surface area contributed by atoms with Crippen molar-refractivity contribution in [2.75, 3.05) is 18.6 Å². The minimum atomic E-state index is -0.0150. The van der Waals surface area contributed by atoms with E-state index in [1.54, 1.807) is 11.5 Å². The summed E-state index contributed by atoms with van der Waals surface area (Å²) in [5.41, 5.74) is 4.76. The number of fused-ring (bicyclic) bond motifs is 4. The van der Waals surface area contributed by atoms with Crippen LogP contribution in [0.15, 0.2) is 53.3 Å². The number of ether oxygens (including phenoxy) is 1. The molecule has 1 aliphatic heterocycles. The zero-order chi connectivity index (χ0) is 18.5. The third-order valence-corrected chi connectivity index (χ3v) is 5.95. The van der Waals surface area contributed by atoms with E-state index in [0.29, 0.717) is 4.53 Å². The van der Waals surface area contributed by atoms with Gasteiger partial charge in [0, 0.05) is 17.8 Å². The summed E-state index contributed by atoms with van der Waals surface area (Å²) in [6, 6.07) is 13.7. The monoisotopic (exact) mass is 375 g/mol. The van der Waals surface area contributed by atoms with Crippen molar-refractivity contribution in [1.29, 1.82) is 0 Å². The van der Waals surface area contributed by atoms with Crippen LogP contribution in [0.2, 0.25) is 0 Å². The minimum Gasteiger partial charge on any atom is -0.497 e. The van der Waals surface area contributed by atoms with Gasteiger partial charge in [0.15, 0.2) is 4.96 Å². The van der Waals surface area contributed by atoms with Crippen LogP contribution in [0.5, 0.6) is 5.75 Å². The van der Waals surface area contributed by atoms with Crippen molar-refractivity contribution in [3.63, 3.8) is 0 Å². The van der Waals surface area contributed by atoms with Crippen LogP contribution < -0.4 is 19.7 Å². The number of likely N-dealkylation sites (N-methyl/N-ethyl adjacent to an activating group) is 1. The van der Waals surface area contributed by atoms with E-state index in [1.165, 1.54) is 11.3 Å². The van der Waals surface area contributed by atoms with Crippen molar-refractivity contribution in [1.82, 2.24) is 9.38 Å². The average molecular weight is 375 g/mol. The maximum absolute atomic E-state index is 13.2. The number of benzene rings is 2. The number of hydrogen-bond acceptors (Lipinski definition) is 5. The first-order valence-corrected chi connectivity index (χ1v) is 9.61. The van der Waals surface area contributed by atoms with Crippen LogP contribution in [0.4, 0.5) is 5.69 Å². The zero-order valence-corrected chi connectivity index (χ0v) is 15.8. The summed E-state index contributed by atoms with van der Waals surface area (Å²) in [6.45, 7) is 2.85. The fourth-order valence-electron chi connectivity index (χ4n) is 3.63. The first-order valence-electron chi connectivity index (χ1n) is 8.79. The molecule has 6 heteroatoms. The molecule has 4 aromatic rings. The maximum Gasteiger partial charge on any atom is 0.277 e. The summed E-state index contributed by atoms with van der Waals surface area (Å²) in [4.78, 5) is 20.7. The van der Waals surface area contributed by atoms with E-state index < -0.39 is 0 Å². The van der Waals surface area contributed by atoms with Gasteiger partial charge in [-0.1, -0.05) is 29.5 Å². The van der Waals surface area contributed by atoms with Crippen molar-refractivity contribution >= 4 is 44.8 Å². The molecule has 0 amide bonds. The molecule has 3 heterocycles. The van der Waals surface area contributed by atoms with Gasteiger partial charge in [-0.05, 0) is 43.3 Å². The second-order valence-corrected chi connectivity index (χ2v) is 7.32. The molecule has 0 fully saturated rings. The molecule has 1 aliphatic rings.